The van der Waals surface area contributed by atoms with Gasteiger partial charge < -0.3 is 10.1 Å². The summed E-state index contributed by atoms with van der Waals surface area (Å²) >= 11 is 5.73. The first-order valence-electron chi connectivity index (χ1n) is 7.18. The SMILES string of the molecule is CC(OC(=O)c1cc(Cl)ccc1[N+](=O)[O-])C(=O)NC(=O)NC(C)(C)C. The van der Waals surface area contributed by atoms with Crippen LogP contribution in [0.15, 0.2) is 18.2 Å². The zero-order chi connectivity index (χ0) is 19.4. The number of nitrogens with zero attached hydrogens (tertiary/aromatic N) is 1. The highest BCUT2D eigenvalue weighted by Crippen LogP contribution is 2.23. The zero-order valence-electron chi connectivity index (χ0n) is 14.1. The van der Waals surface area contributed by atoms with Crippen LogP contribution in [0.5, 0.6) is 0 Å². The Morgan fingerprint density at radius 2 is 1.88 bits per heavy atom. The van der Waals surface area contributed by atoms with Gasteiger partial charge in [0.05, 0.1) is 4.92 Å². The van der Waals surface area contributed by atoms with Gasteiger partial charge in [-0.05, 0) is 39.8 Å². The lowest BCUT2D eigenvalue weighted by molar-refractivity contribution is -0.385. The Morgan fingerprint density at radius 1 is 1.28 bits per heavy atom. The van der Waals surface area contributed by atoms with E-state index in [0.29, 0.717) is 0 Å². The predicted octanol–water partition coefficient (Wildman–Crippen LogP) is 2.42. The lowest BCUT2D eigenvalue weighted by Gasteiger charge is -2.21. The van der Waals surface area contributed by atoms with Gasteiger partial charge in [0, 0.05) is 16.6 Å². The average Bonchev–Trinajstić information content (AvgIpc) is 2.44. The molecule has 10 heteroatoms. The van der Waals surface area contributed by atoms with Crippen molar-refractivity contribution in [3.63, 3.8) is 0 Å². The summed E-state index contributed by atoms with van der Waals surface area (Å²) in [7, 11) is 0. The van der Waals surface area contributed by atoms with Crippen LogP contribution in [-0.2, 0) is 9.53 Å². The molecule has 0 saturated heterocycles. The molecule has 9 nitrogen and oxygen atoms in total. The summed E-state index contributed by atoms with van der Waals surface area (Å²) in [5.41, 5.74) is -1.46. The van der Waals surface area contributed by atoms with E-state index < -0.39 is 45.7 Å². The van der Waals surface area contributed by atoms with Gasteiger partial charge in [0.25, 0.3) is 11.6 Å². The van der Waals surface area contributed by atoms with Gasteiger partial charge in [-0.25, -0.2) is 9.59 Å². The summed E-state index contributed by atoms with van der Waals surface area (Å²) in [6.07, 6.45) is -1.35. The number of hydrogen-bond donors (Lipinski definition) is 2. The Kier molecular flexibility index (Phi) is 6.46. The fraction of sp³-hybridized carbons (Fsp3) is 0.400. The number of carbonyl (C=O) groups excluding carboxylic acids is 3. The summed E-state index contributed by atoms with van der Waals surface area (Å²) < 4.78 is 4.88. The molecule has 3 amide bonds. The predicted molar refractivity (Wildman–Crippen MR) is 89.4 cm³/mol. The van der Waals surface area contributed by atoms with E-state index in [2.05, 4.69) is 5.32 Å². The van der Waals surface area contributed by atoms with Gasteiger partial charge in [-0.1, -0.05) is 11.6 Å². The molecule has 0 radical (unpaired) electrons. The standard InChI is InChI=1S/C15H18ClN3O6/c1-8(12(20)17-14(22)18-15(2,3)4)25-13(21)10-7-9(16)5-6-11(10)19(23)24/h5-8H,1-4H3,(H2,17,18,20,22). The van der Waals surface area contributed by atoms with Crippen molar-refractivity contribution in [2.75, 3.05) is 0 Å². The fourth-order valence-electron chi connectivity index (χ4n) is 1.69. The molecule has 1 atom stereocenters. The topological polar surface area (TPSA) is 128 Å². The quantitative estimate of drug-likeness (QED) is 0.475. The second kappa shape index (κ2) is 7.93. The van der Waals surface area contributed by atoms with Crippen LogP contribution in [0.1, 0.15) is 38.1 Å². The van der Waals surface area contributed by atoms with Crippen LogP contribution < -0.4 is 10.6 Å². The molecular weight excluding hydrogens is 354 g/mol. The molecule has 0 aliphatic rings. The second-order valence-electron chi connectivity index (χ2n) is 6.16. The highest BCUT2D eigenvalue weighted by atomic mass is 35.5. The molecule has 136 valence electrons. The van der Waals surface area contributed by atoms with Crippen LogP contribution in [0.4, 0.5) is 10.5 Å². The van der Waals surface area contributed by atoms with E-state index in [4.69, 9.17) is 16.3 Å². The van der Waals surface area contributed by atoms with Crippen molar-refractivity contribution < 1.29 is 24.0 Å². The number of halogens is 1. The molecule has 1 aromatic carbocycles. The molecule has 0 spiro atoms. The van der Waals surface area contributed by atoms with Crippen LogP contribution in [0.2, 0.25) is 5.02 Å². The van der Waals surface area contributed by atoms with Crippen LogP contribution in [0.3, 0.4) is 0 Å². The van der Waals surface area contributed by atoms with Gasteiger partial charge in [-0.15, -0.1) is 0 Å². The maximum absolute atomic E-state index is 12.1. The van der Waals surface area contributed by atoms with Gasteiger partial charge in [0.1, 0.15) is 5.56 Å². The fourth-order valence-corrected chi connectivity index (χ4v) is 1.87. The maximum atomic E-state index is 12.1. The van der Waals surface area contributed by atoms with Crippen LogP contribution in [-0.4, -0.2) is 34.5 Å². The summed E-state index contributed by atoms with van der Waals surface area (Å²) in [6, 6.07) is 2.62. The van der Waals surface area contributed by atoms with Crippen LogP contribution >= 0.6 is 11.6 Å². The maximum Gasteiger partial charge on any atom is 0.345 e. The molecule has 0 aromatic heterocycles. The van der Waals surface area contributed by atoms with Crippen molar-refractivity contribution in [3.8, 4) is 0 Å². The normalized spacial score (nSPS) is 12.0. The highest BCUT2D eigenvalue weighted by Gasteiger charge is 2.27. The van der Waals surface area contributed by atoms with Crippen molar-refractivity contribution in [2.45, 2.75) is 39.3 Å². The number of esters is 1. The van der Waals surface area contributed by atoms with Crippen molar-refractivity contribution in [2.24, 2.45) is 0 Å². The number of benzene rings is 1. The molecule has 0 bridgehead atoms. The number of rotatable bonds is 4. The van der Waals surface area contributed by atoms with E-state index in [-0.39, 0.29) is 5.02 Å². The Bertz CT molecular complexity index is 714. The van der Waals surface area contributed by atoms with Crippen molar-refractivity contribution in [1.29, 1.82) is 0 Å². The summed E-state index contributed by atoms with van der Waals surface area (Å²) in [5, 5.41) is 15.6. The molecule has 0 heterocycles. The summed E-state index contributed by atoms with van der Waals surface area (Å²) in [5.74, 6) is -1.98. The first-order valence-corrected chi connectivity index (χ1v) is 7.56. The highest BCUT2D eigenvalue weighted by molar-refractivity contribution is 6.31. The molecular formula is C15H18ClN3O6. The first kappa shape index (κ1) is 20.4. The molecule has 1 unspecified atom stereocenters. The Hall–Kier alpha value is -2.68. The summed E-state index contributed by atoms with van der Waals surface area (Å²) in [4.78, 5) is 45.8. The second-order valence-corrected chi connectivity index (χ2v) is 6.60. The number of carbonyl (C=O) groups is 3. The van der Waals surface area contributed by atoms with Crippen molar-refractivity contribution >= 4 is 35.2 Å². The first-order chi connectivity index (χ1) is 11.4. The minimum atomic E-state index is -1.35. The number of amides is 3. The third-order valence-corrected chi connectivity index (χ3v) is 2.99. The number of imide groups is 1. The monoisotopic (exact) mass is 371 g/mol. The van der Waals surface area contributed by atoms with Crippen LogP contribution in [0, 0.1) is 10.1 Å². The molecule has 0 fully saturated rings. The van der Waals surface area contributed by atoms with Gasteiger partial charge in [-0.3, -0.25) is 20.2 Å². The third-order valence-electron chi connectivity index (χ3n) is 2.75. The Balaban J connectivity index is 2.80. The van der Waals surface area contributed by atoms with E-state index in [1.165, 1.54) is 13.0 Å². The lowest BCUT2D eigenvalue weighted by atomic mass is 10.1. The van der Waals surface area contributed by atoms with E-state index in [1.807, 2.05) is 5.32 Å². The zero-order valence-corrected chi connectivity index (χ0v) is 14.8. The Labute approximate surface area is 148 Å². The van der Waals surface area contributed by atoms with E-state index >= 15 is 0 Å². The van der Waals surface area contributed by atoms with Crippen molar-refractivity contribution in [1.82, 2.24) is 10.6 Å². The number of ether oxygens (including phenoxy) is 1. The minimum Gasteiger partial charge on any atom is -0.449 e. The van der Waals surface area contributed by atoms with Crippen molar-refractivity contribution in [3.05, 3.63) is 38.9 Å². The minimum absolute atomic E-state index is 0.0965. The van der Waals surface area contributed by atoms with E-state index in [1.54, 1.807) is 20.8 Å². The third kappa shape index (κ3) is 6.38. The molecule has 0 saturated carbocycles. The number of nitro groups is 1. The number of nitrogens with one attached hydrogen (secondary N) is 2. The smallest absolute Gasteiger partial charge is 0.345 e. The van der Waals surface area contributed by atoms with E-state index in [9.17, 15) is 24.5 Å². The largest absolute Gasteiger partial charge is 0.449 e. The molecule has 2 N–H and O–H groups in total. The van der Waals surface area contributed by atoms with Gasteiger partial charge in [-0.2, -0.15) is 0 Å². The molecule has 0 aliphatic carbocycles. The van der Waals surface area contributed by atoms with Gasteiger partial charge >= 0.3 is 12.0 Å². The van der Waals surface area contributed by atoms with E-state index in [0.717, 1.165) is 12.1 Å². The number of hydrogen-bond acceptors (Lipinski definition) is 6. The molecule has 25 heavy (non-hydrogen) atoms. The van der Waals surface area contributed by atoms with Crippen LogP contribution in [0.25, 0.3) is 0 Å². The Morgan fingerprint density at radius 3 is 2.40 bits per heavy atom. The summed E-state index contributed by atoms with van der Waals surface area (Å²) in [6.45, 7) is 6.39. The lowest BCUT2D eigenvalue weighted by Crippen LogP contribution is -2.50. The average molecular weight is 372 g/mol. The molecule has 1 aromatic rings. The van der Waals surface area contributed by atoms with Gasteiger partial charge in [0.2, 0.25) is 0 Å². The molecule has 1 rings (SSSR count). The molecule has 0 aliphatic heterocycles. The number of nitro benzene ring substituents is 1. The van der Waals surface area contributed by atoms with Gasteiger partial charge in [0.15, 0.2) is 6.10 Å². The number of urea groups is 1.